The largest absolute Gasteiger partial charge is 0.350 e. The van der Waals surface area contributed by atoms with E-state index in [1.54, 1.807) is 0 Å². The predicted molar refractivity (Wildman–Crippen MR) is 68.8 cm³/mol. The van der Waals surface area contributed by atoms with Gasteiger partial charge in [-0.25, -0.2) is 0 Å². The summed E-state index contributed by atoms with van der Waals surface area (Å²) in [4.78, 5) is 11.9. The topological polar surface area (TPSA) is 29.1 Å². The third-order valence-electron chi connectivity index (χ3n) is 3.72. The summed E-state index contributed by atoms with van der Waals surface area (Å²) in [5, 5.41) is 3.07. The number of carbonyl (C=O) groups excluding carboxylic acids is 1. The molecule has 0 bridgehead atoms. The first-order chi connectivity index (χ1) is 7.59. The molecule has 0 aromatic rings. The van der Waals surface area contributed by atoms with Crippen LogP contribution in [-0.2, 0) is 4.79 Å². The minimum absolute atomic E-state index is 0.178. The van der Waals surface area contributed by atoms with Crippen LogP contribution in [0.5, 0.6) is 0 Å². The Bertz CT molecular complexity index is 220. The van der Waals surface area contributed by atoms with Crippen molar-refractivity contribution in [2.24, 2.45) is 5.92 Å². The molecule has 1 unspecified atom stereocenters. The van der Waals surface area contributed by atoms with Crippen molar-refractivity contribution in [3.8, 4) is 0 Å². The highest BCUT2D eigenvalue weighted by Crippen LogP contribution is 2.26. The van der Waals surface area contributed by atoms with Gasteiger partial charge in [-0.3, -0.25) is 4.79 Å². The second-order valence-electron chi connectivity index (χ2n) is 5.30. The van der Waals surface area contributed by atoms with E-state index in [9.17, 15) is 4.79 Å². The third kappa shape index (κ3) is 4.32. The molecule has 1 fully saturated rings. The summed E-state index contributed by atoms with van der Waals surface area (Å²) in [7, 11) is 0. The Morgan fingerprint density at radius 3 is 2.50 bits per heavy atom. The molecule has 2 nitrogen and oxygen atoms in total. The SMILES string of the molecule is CCC(C)(CCl)NC(=O)CC1CCCCC1. The van der Waals surface area contributed by atoms with E-state index >= 15 is 0 Å². The minimum Gasteiger partial charge on any atom is -0.350 e. The van der Waals surface area contributed by atoms with E-state index in [2.05, 4.69) is 12.2 Å². The molecule has 1 rings (SSSR count). The molecule has 3 heteroatoms. The van der Waals surface area contributed by atoms with Crippen LogP contribution in [0, 0.1) is 5.92 Å². The molecule has 0 aliphatic heterocycles. The average molecular weight is 246 g/mol. The van der Waals surface area contributed by atoms with Gasteiger partial charge in [0.25, 0.3) is 0 Å². The Morgan fingerprint density at radius 2 is 2.00 bits per heavy atom. The van der Waals surface area contributed by atoms with Crippen molar-refractivity contribution in [3.05, 3.63) is 0 Å². The number of halogens is 1. The van der Waals surface area contributed by atoms with Crippen LogP contribution in [0.3, 0.4) is 0 Å². The van der Waals surface area contributed by atoms with Crippen LogP contribution >= 0.6 is 11.6 Å². The highest BCUT2D eigenvalue weighted by Gasteiger charge is 2.25. The first-order valence-electron chi connectivity index (χ1n) is 6.46. The van der Waals surface area contributed by atoms with Gasteiger partial charge in [0.1, 0.15) is 0 Å². The van der Waals surface area contributed by atoms with E-state index in [1.807, 2.05) is 6.92 Å². The zero-order valence-electron chi connectivity index (χ0n) is 10.5. The van der Waals surface area contributed by atoms with E-state index < -0.39 is 0 Å². The van der Waals surface area contributed by atoms with Gasteiger partial charge in [0, 0.05) is 12.3 Å². The Labute approximate surface area is 104 Å². The normalized spacial score (nSPS) is 21.4. The number of carbonyl (C=O) groups is 1. The fraction of sp³-hybridized carbons (Fsp3) is 0.923. The maximum Gasteiger partial charge on any atom is 0.220 e. The van der Waals surface area contributed by atoms with Gasteiger partial charge in [-0.1, -0.05) is 26.2 Å². The monoisotopic (exact) mass is 245 g/mol. The van der Waals surface area contributed by atoms with Gasteiger partial charge in [-0.2, -0.15) is 0 Å². The highest BCUT2D eigenvalue weighted by molar-refractivity contribution is 6.18. The molecule has 0 saturated heterocycles. The van der Waals surface area contributed by atoms with Gasteiger partial charge >= 0.3 is 0 Å². The van der Waals surface area contributed by atoms with Crippen molar-refractivity contribution in [1.82, 2.24) is 5.32 Å². The van der Waals surface area contributed by atoms with Crippen LogP contribution in [0.2, 0.25) is 0 Å². The molecule has 1 amide bonds. The van der Waals surface area contributed by atoms with Crippen molar-refractivity contribution < 1.29 is 4.79 Å². The summed E-state index contributed by atoms with van der Waals surface area (Å²) in [6.45, 7) is 4.07. The predicted octanol–water partition coefficient (Wildman–Crippen LogP) is 3.48. The van der Waals surface area contributed by atoms with Gasteiger partial charge in [-0.15, -0.1) is 11.6 Å². The maximum atomic E-state index is 11.9. The van der Waals surface area contributed by atoms with Crippen LogP contribution in [0.15, 0.2) is 0 Å². The molecule has 16 heavy (non-hydrogen) atoms. The lowest BCUT2D eigenvalue weighted by molar-refractivity contribution is -0.123. The summed E-state index contributed by atoms with van der Waals surface area (Å²) < 4.78 is 0. The lowest BCUT2D eigenvalue weighted by Crippen LogP contribution is -2.47. The highest BCUT2D eigenvalue weighted by atomic mass is 35.5. The number of hydrogen-bond acceptors (Lipinski definition) is 1. The van der Waals surface area contributed by atoms with Gasteiger partial charge < -0.3 is 5.32 Å². The first kappa shape index (κ1) is 13.8. The van der Waals surface area contributed by atoms with Gasteiger partial charge in [0.2, 0.25) is 5.91 Å². The minimum atomic E-state index is -0.229. The van der Waals surface area contributed by atoms with Crippen molar-refractivity contribution in [1.29, 1.82) is 0 Å². The zero-order valence-corrected chi connectivity index (χ0v) is 11.3. The van der Waals surface area contributed by atoms with E-state index in [0.29, 0.717) is 18.2 Å². The number of amides is 1. The van der Waals surface area contributed by atoms with Crippen LogP contribution < -0.4 is 5.32 Å². The Morgan fingerprint density at radius 1 is 1.38 bits per heavy atom. The molecule has 1 saturated carbocycles. The Kier molecular flexibility index (Phi) is 5.60. The molecule has 0 heterocycles. The molecule has 0 radical (unpaired) electrons. The average Bonchev–Trinajstić information content (AvgIpc) is 2.30. The molecule has 0 aromatic carbocycles. The molecule has 0 spiro atoms. The summed E-state index contributed by atoms with van der Waals surface area (Å²) >= 11 is 5.88. The van der Waals surface area contributed by atoms with E-state index in [0.717, 1.165) is 6.42 Å². The van der Waals surface area contributed by atoms with Crippen molar-refractivity contribution in [2.45, 2.75) is 64.3 Å². The van der Waals surface area contributed by atoms with Crippen LogP contribution in [0.1, 0.15) is 58.8 Å². The fourth-order valence-electron chi connectivity index (χ4n) is 2.26. The molecular weight excluding hydrogens is 222 g/mol. The van der Waals surface area contributed by atoms with Crippen LogP contribution in [0.25, 0.3) is 0 Å². The maximum absolute atomic E-state index is 11.9. The Balaban J connectivity index is 2.34. The lowest BCUT2D eigenvalue weighted by Gasteiger charge is -2.29. The lowest BCUT2D eigenvalue weighted by atomic mass is 9.86. The quantitative estimate of drug-likeness (QED) is 0.739. The smallest absolute Gasteiger partial charge is 0.220 e. The van der Waals surface area contributed by atoms with Crippen molar-refractivity contribution >= 4 is 17.5 Å². The zero-order chi connectivity index (χ0) is 12.0. The van der Waals surface area contributed by atoms with Crippen molar-refractivity contribution in [3.63, 3.8) is 0 Å². The summed E-state index contributed by atoms with van der Waals surface area (Å²) in [5.41, 5.74) is -0.229. The van der Waals surface area contributed by atoms with E-state index in [4.69, 9.17) is 11.6 Å². The van der Waals surface area contributed by atoms with Crippen LogP contribution in [-0.4, -0.2) is 17.3 Å². The standard InChI is InChI=1S/C13H24ClNO/c1-3-13(2,10-14)15-12(16)9-11-7-5-4-6-8-11/h11H,3-10H2,1-2H3,(H,15,16). The summed E-state index contributed by atoms with van der Waals surface area (Å²) in [6.07, 6.45) is 7.93. The van der Waals surface area contributed by atoms with Crippen LogP contribution in [0.4, 0.5) is 0 Å². The first-order valence-corrected chi connectivity index (χ1v) is 7.00. The number of rotatable bonds is 5. The Hall–Kier alpha value is -0.240. The second kappa shape index (κ2) is 6.48. The van der Waals surface area contributed by atoms with Gasteiger partial charge in [0.15, 0.2) is 0 Å². The van der Waals surface area contributed by atoms with E-state index in [-0.39, 0.29) is 11.4 Å². The molecule has 1 atom stereocenters. The third-order valence-corrected chi connectivity index (χ3v) is 4.31. The number of alkyl halides is 1. The second-order valence-corrected chi connectivity index (χ2v) is 5.57. The van der Waals surface area contributed by atoms with E-state index in [1.165, 1.54) is 32.1 Å². The molecule has 0 aromatic heterocycles. The summed E-state index contributed by atoms with van der Waals surface area (Å²) in [6, 6.07) is 0. The molecule has 1 N–H and O–H groups in total. The molecule has 1 aliphatic carbocycles. The fourth-order valence-corrected chi connectivity index (χ4v) is 2.51. The van der Waals surface area contributed by atoms with Gasteiger partial charge in [0.05, 0.1) is 5.54 Å². The number of nitrogens with one attached hydrogen (secondary N) is 1. The van der Waals surface area contributed by atoms with Crippen molar-refractivity contribution in [2.75, 3.05) is 5.88 Å². The molecule has 94 valence electrons. The summed E-state index contributed by atoms with van der Waals surface area (Å²) in [5.74, 6) is 1.27. The number of hydrogen-bond donors (Lipinski definition) is 1. The molecule has 1 aliphatic rings. The molecular formula is C13H24ClNO. The van der Waals surface area contributed by atoms with Gasteiger partial charge in [-0.05, 0) is 32.1 Å².